The summed E-state index contributed by atoms with van der Waals surface area (Å²) in [7, 11) is 0. The Bertz CT molecular complexity index is 299. The number of hydrogen-bond acceptors (Lipinski definition) is 2. The predicted octanol–water partition coefficient (Wildman–Crippen LogP) is 1.73. The van der Waals surface area contributed by atoms with Gasteiger partial charge >= 0.3 is 6.03 Å². The summed E-state index contributed by atoms with van der Waals surface area (Å²) in [6.45, 7) is 8.29. The molecule has 0 aromatic carbocycles. The van der Waals surface area contributed by atoms with Crippen molar-refractivity contribution >= 4 is 11.9 Å². The van der Waals surface area contributed by atoms with Gasteiger partial charge in [-0.15, -0.1) is 0 Å². The van der Waals surface area contributed by atoms with Crippen molar-refractivity contribution < 1.29 is 9.59 Å². The van der Waals surface area contributed by atoms with Gasteiger partial charge in [0, 0.05) is 32.1 Å². The van der Waals surface area contributed by atoms with Gasteiger partial charge in [0.1, 0.15) is 0 Å². The molecule has 0 bridgehead atoms. The maximum Gasteiger partial charge on any atom is 0.317 e. The van der Waals surface area contributed by atoms with Crippen molar-refractivity contribution in [2.24, 2.45) is 5.92 Å². The minimum atomic E-state index is -0.0387. The normalized spacial score (nSPS) is 17.9. The average Bonchev–Trinajstić information content (AvgIpc) is 2.39. The Hall–Kier alpha value is -1.26. The second-order valence-corrected chi connectivity index (χ2v) is 5.53. The molecule has 2 N–H and O–H groups in total. The van der Waals surface area contributed by atoms with Crippen molar-refractivity contribution in [2.75, 3.05) is 19.6 Å². The van der Waals surface area contributed by atoms with Gasteiger partial charge in [0.2, 0.25) is 5.91 Å². The van der Waals surface area contributed by atoms with E-state index in [2.05, 4.69) is 17.6 Å². The Morgan fingerprint density at radius 3 is 2.53 bits per heavy atom. The molecular formula is C14H27N3O2. The van der Waals surface area contributed by atoms with Crippen LogP contribution in [0.2, 0.25) is 0 Å². The van der Waals surface area contributed by atoms with Crippen LogP contribution in [-0.2, 0) is 4.79 Å². The summed E-state index contributed by atoms with van der Waals surface area (Å²) in [5.74, 6) is 0.715. The number of likely N-dealkylation sites (tertiary alicyclic amines) is 1. The van der Waals surface area contributed by atoms with E-state index in [0.29, 0.717) is 18.9 Å². The van der Waals surface area contributed by atoms with Crippen molar-refractivity contribution in [3.63, 3.8) is 0 Å². The number of amides is 3. The molecule has 0 radical (unpaired) electrons. The van der Waals surface area contributed by atoms with Gasteiger partial charge in [-0.2, -0.15) is 0 Å². The van der Waals surface area contributed by atoms with Crippen molar-refractivity contribution in [3.8, 4) is 0 Å². The summed E-state index contributed by atoms with van der Waals surface area (Å²) in [6, 6.07) is 0.162. The number of piperidine rings is 1. The van der Waals surface area contributed by atoms with Crippen molar-refractivity contribution in [1.29, 1.82) is 0 Å². The summed E-state index contributed by atoms with van der Waals surface area (Å²) in [5.41, 5.74) is 0. The molecule has 0 aliphatic carbocycles. The van der Waals surface area contributed by atoms with Crippen LogP contribution in [-0.4, -0.2) is 42.5 Å². The highest BCUT2D eigenvalue weighted by atomic mass is 16.2. The van der Waals surface area contributed by atoms with Crippen LogP contribution in [0.1, 0.15) is 46.5 Å². The summed E-state index contributed by atoms with van der Waals surface area (Å²) >= 11 is 0. The quantitative estimate of drug-likeness (QED) is 0.798. The Balaban J connectivity index is 2.15. The van der Waals surface area contributed by atoms with Gasteiger partial charge < -0.3 is 15.5 Å². The molecule has 19 heavy (non-hydrogen) atoms. The van der Waals surface area contributed by atoms with E-state index in [-0.39, 0.29) is 18.0 Å². The minimum Gasteiger partial charge on any atom is -0.354 e. The predicted molar refractivity (Wildman–Crippen MR) is 75.9 cm³/mol. The number of carbonyl (C=O) groups is 2. The molecule has 0 spiro atoms. The molecule has 5 nitrogen and oxygen atoms in total. The monoisotopic (exact) mass is 269 g/mol. The van der Waals surface area contributed by atoms with Crippen molar-refractivity contribution in [1.82, 2.24) is 15.5 Å². The number of carbonyl (C=O) groups excluding carboxylic acids is 2. The Morgan fingerprint density at radius 1 is 1.32 bits per heavy atom. The first-order valence-electron chi connectivity index (χ1n) is 7.35. The number of nitrogens with one attached hydrogen (secondary N) is 2. The second-order valence-electron chi connectivity index (χ2n) is 5.53. The van der Waals surface area contributed by atoms with Gasteiger partial charge in [0.05, 0.1) is 0 Å². The van der Waals surface area contributed by atoms with Crippen LogP contribution >= 0.6 is 0 Å². The lowest BCUT2D eigenvalue weighted by Gasteiger charge is -2.30. The van der Waals surface area contributed by atoms with Crippen LogP contribution in [0.5, 0.6) is 0 Å². The highest BCUT2D eigenvalue weighted by Crippen LogP contribution is 2.15. The highest BCUT2D eigenvalue weighted by molar-refractivity contribution is 5.78. The van der Waals surface area contributed by atoms with Gasteiger partial charge in [-0.05, 0) is 32.1 Å². The maximum atomic E-state index is 11.8. The molecule has 1 aliphatic rings. The summed E-state index contributed by atoms with van der Waals surface area (Å²) in [5, 5.41) is 5.70. The fourth-order valence-corrected chi connectivity index (χ4v) is 2.06. The van der Waals surface area contributed by atoms with Gasteiger partial charge in [0.25, 0.3) is 0 Å². The Kier molecular flexibility index (Phi) is 6.67. The third kappa shape index (κ3) is 5.94. The summed E-state index contributed by atoms with van der Waals surface area (Å²) < 4.78 is 0. The van der Waals surface area contributed by atoms with E-state index in [1.807, 2.05) is 18.7 Å². The summed E-state index contributed by atoms with van der Waals surface area (Å²) in [6.07, 6.45) is 3.41. The van der Waals surface area contributed by atoms with Gasteiger partial charge in [0.15, 0.2) is 0 Å². The van der Waals surface area contributed by atoms with E-state index >= 15 is 0 Å². The molecule has 1 rings (SSSR count). The molecule has 0 aromatic heterocycles. The van der Waals surface area contributed by atoms with Crippen molar-refractivity contribution in [3.05, 3.63) is 0 Å². The van der Waals surface area contributed by atoms with E-state index in [1.165, 1.54) is 0 Å². The van der Waals surface area contributed by atoms with Crippen LogP contribution < -0.4 is 10.6 Å². The van der Waals surface area contributed by atoms with E-state index in [1.54, 1.807) is 0 Å². The number of urea groups is 1. The first-order valence-corrected chi connectivity index (χ1v) is 7.35. The molecule has 1 saturated heterocycles. The number of hydrogen-bond donors (Lipinski definition) is 2. The van der Waals surface area contributed by atoms with E-state index in [9.17, 15) is 9.59 Å². The lowest BCUT2D eigenvalue weighted by atomic mass is 10.00. The van der Waals surface area contributed by atoms with Gasteiger partial charge in [-0.3, -0.25) is 4.79 Å². The maximum absolute atomic E-state index is 11.8. The van der Waals surface area contributed by atoms with E-state index < -0.39 is 0 Å². The van der Waals surface area contributed by atoms with Crippen LogP contribution in [0, 0.1) is 5.92 Å². The Morgan fingerprint density at radius 2 is 1.95 bits per heavy atom. The fraction of sp³-hybridized carbons (Fsp3) is 0.857. The highest BCUT2D eigenvalue weighted by Gasteiger charge is 2.19. The van der Waals surface area contributed by atoms with E-state index in [4.69, 9.17) is 0 Å². The minimum absolute atomic E-state index is 0.00177. The Labute approximate surface area is 116 Å². The average molecular weight is 269 g/mol. The third-order valence-electron chi connectivity index (χ3n) is 3.72. The second kappa shape index (κ2) is 8.02. The molecule has 1 atom stereocenters. The molecular weight excluding hydrogens is 242 g/mol. The third-order valence-corrected chi connectivity index (χ3v) is 3.72. The van der Waals surface area contributed by atoms with Gasteiger partial charge in [-0.1, -0.05) is 13.8 Å². The zero-order valence-corrected chi connectivity index (χ0v) is 12.4. The SMILES string of the molecule is CCC(C)NC(=O)CCNC(=O)N1CCC(C)CC1. The molecule has 0 saturated carbocycles. The first-order chi connectivity index (χ1) is 9.02. The summed E-state index contributed by atoms with van der Waals surface area (Å²) in [4.78, 5) is 25.2. The fourth-order valence-electron chi connectivity index (χ4n) is 2.06. The van der Waals surface area contributed by atoms with Crippen LogP contribution in [0.4, 0.5) is 4.79 Å². The molecule has 3 amide bonds. The van der Waals surface area contributed by atoms with E-state index in [0.717, 1.165) is 32.4 Å². The number of rotatable bonds is 5. The zero-order valence-electron chi connectivity index (χ0n) is 12.4. The smallest absolute Gasteiger partial charge is 0.317 e. The molecule has 1 aliphatic heterocycles. The standard InChI is InChI=1S/C14H27N3O2/c1-4-12(3)16-13(18)5-8-15-14(19)17-9-6-11(2)7-10-17/h11-12H,4-10H2,1-3H3,(H,15,19)(H,16,18). The van der Waals surface area contributed by atoms with Crippen LogP contribution in [0.3, 0.4) is 0 Å². The first kappa shape index (κ1) is 15.8. The van der Waals surface area contributed by atoms with Crippen molar-refractivity contribution in [2.45, 2.75) is 52.5 Å². The molecule has 1 fully saturated rings. The van der Waals surface area contributed by atoms with Crippen LogP contribution in [0.25, 0.3) is 0 Å². The zero-order chi connectivity index (χ0) is 14.3. The lowest BCUT2D eigenvalue weighted by molar-refractivity contribution is -0.121. The van der Waals surface area contributed by atoms with Gasteiger partial charge in [-0.25, -0.2) is 4.79 Å². The largest absolute Gasteiger partial charge is 0.354 e. The van der Waals surface area contributed by atoms with Crippen LogP contribution in [0.15, 0.2) is 0 Å². The molecule has 110 valence electrons. The molecule has 5 heteroatoms. The molecule has 1 unspecified atom stereocenters. The topological polar surface area (TPSA) is 61.4 Å². The number of nitrogens with zero attached hydrogens (tertiary/aromatic N) is 1. The lowest BCUT2D eigenvalue weighted by Crippen LogP contribution is -2.45. The molecule has 0 aromatic rings. The molecule has 1 heterocycles.